The van der Waals surface area contributed by atoms with Crippen LogP contribution in [0.2, 0.25) is 0 Å². The van der Waals surface area contributed by atoms with Gasteiger partial charge in [-0.25, -0.2) is 4.98 Å². The molecule has 0 aromatic carbocycles. The highest BCUT2D eigenvalue weighted by Gasteiger charge is 2.51. The van der Waals surface area contributed by atoms with Crippen molar-refractivity contribution < 1.29 is 14.3 Å². The maximum Gasteiger partial charge on any atom is 0.254 e. The second-order valence-corrected chi connectivity index (χ2v) is 6.90. The molecule has 0 saturated carbocycles. The third-order valence-electron chi connectivity index (χ3n) is 5.45. The molecule has 2 aromatic rings. The zero-order valence-electron chi connectivity index (χ0n) is 14.4. The highest BCUT2D eigenvalue weighted by atomic mass is 16.5. The van der Waals surface area contributed by atoms with Gasteiger partial charge in [0, 0.05) is 57.4 Å². The Morgan fingerprint density at radius 1 is 1.32 bits per heavy atom. The molecule has 0 radical (unpaired) electrons. The van der Waals surface area contributed by atoms with E-state index in [1.165, 1.54) is 0 Å². The number of amides is 2. The lowest BCUT2D eigenvalue weighted by molar-refractivity contribution is -0.135. The molecule has 2 amide bonds. The fourth-order valence-electron chi connectivity index (χ4n) is 3.96. The van der Waals surface area contributed by atoms with Crippen LogP contribution in [0.3, 0.4) is 0 Å². The van der Waals surface area contributed by atoms with Gasteiger partial charge in [-0.2, -0.15) is 0 Å². The van der Waals surface area contributed by atoms with E-state index in [0.717, 1.165) is 25.0 Å². The van der Waals surface area contributed by atoms with Crippen LogP contribution in [0.5, 0.6) is 0 Å². The first-order chi connectivity index (χ1) is 12.1. The lowest BCUT2D eigenvalue weighted by Gasteiger charge is -2.23. The number of imidazole rings is 1. The summed E-state index contributed by atoms with van der Waals surface area (Å²) in [7, 11) is 1.64. The van der Waals surface area contributed by atoms with E-state index in [9.17, 15) is 9.59 Å². The van der Waals surface area contributed by atoms with Gasteiger partial charge < -0.3 is 18.9 Å². The molecule has 4 rings (SSSR count). The number of hydrogen-bond acceptors (Lipinski definition) is 4. The quantitative estimate of drug-likeness (QED) is 0.833. The molecule has 7 heteroatoms. The predicted octanol–water partition coefficient (Wildman–Crippen LogP) is 1.05. The van der Waals surface area contributed by atoms with Crippen molar-refractivity contribution in [1.82, 2.24) is 19.2 Å². The van der Waals surface area contributed by atoms with Gasteiger partial charge in [-0.1, -0.05) is 0 Å². The molecule has 1 unspecified atom stereocenters. The number of ether oxygens (including phenoxy) is 1. The Balaban J connectivity index is 1.48. The van der Waals surface area contributed by atoms with Crippen LogP contribution in [0.4, 0.5) is 0 Å². The van der Waals surface area contributed by atoms with Gasteiger partial charge in [0.05, 0.1) is 12.0 Å². The van der Waals surface area contributed by atoms with Crippen molar-refractivity contribution in [2.24, 2.45) is 5.41 Å². The smallest absolute Gasteiger partial charge is 0.254 e. The Labute approximate surface area is 146 Å². The summed E-state index contributed by atoms with van der Waals surface area (Å²) in [6.45, 7) is 3.07. The van der Waals surface area contributed by atoms with Crippen LogP contribution in [0, 0.1) is 5.41 Å². The number of likely N-dealkylation sites (tertiary alicyclic amines) is 2. The fourth-order valence-corrected chi connectivity index (χ4v) is 3.96. The Morgan fingerprint density at radius 3 is 3.00 bits per heavy atom. The van der Waals surface area contributed by atoms with Crippen LogP contribution >= 0.6 is 0 Å². The first kappa shape index (κ1) is 16.1. The summed E-state index contributed by atoms with van der Waals surface area (Å²) < 4.78 is 6.95. The Kier molecular flexibility index (Phi) is 3.95. The first-order valence-corrected chi connectivity index (χ1v) is 8.63. The van der Waals surface area contributed by atoms with Gasteiger partial charge >= 0.3 is 0 Å². The van der Waals surface area contributed by atoms with E-state index in [2.05, 4.69) is 4.98 Å². The van der Waals surface area contributed by atoms with Crippen molar-refractivity contribution in [2.75, 3.05) is 39.9 Å². The maximum atomic E-state index is 12.9. The maximum absolute atomic E-state index is 12.9. The molecule has 1 atom stereocenters. The average Bonchev–Trinajstić information content (AvgIpc) is 3.34. The Hall–Kier alpha value is -2.41. The SMILES string of the molecule is COCCN1CCC2(CCN(C(=O)c3ccn4ccnc4c3)C2)C1=O. The number of nitrogens with zero attached hydrogens (tertiary/aromatic N) is 4. The molecule has 0 bridgehead atoms. The van der Waals surface area contributed by atoms with Crippen LogP contribution in [0.1, 0.15) is 23.2 Å². The van der Waals surface area contributed by atoms with Crippen LogP contribution in [0.15, 0.2) is 30.7 Å². The number of pyridine rings is 1. The molecule has 7 nitrogen and oxygen atoms in total. The Morgan fingerprint density at radius 2 is 2.16 bits per heavy atom. The molecule has 132 valence electrons. The van der Waals surface area contributed by atoms with Gasteiger partial charge in [-0.3, -0.25) is 9.59 Å². The van der Waals surface area contributed by atoms with E-state index in [1.54, 1.807) is 19.4 Å². The van der Waals surface area contributed by atoms with Crippen molar-refractivity contribution in [1.29, 1.82) is 0 Å². The van der Waals surface area contributed by atoms with Crippen molar-refractivity contribution in [3.8, 4) is 0 Å². The summed E-state index contributed by atoms with van der Waals surface area (Å²) >= 11 is 0. The predicted molar refractivity (Wildman–Crippen MR) is 91.2 cm³/mol. The molecule has 2 aliphatic rings. The summed E-state index contributed by atoms with van der Waals surface area (Å²) in [5.41, 5.74) is 0.973. The third-order valence-corrected chi connectivity index (χ3v) is 5.45. The van der Waals surface area contributed by atoms with E-state index in [1.807, 2.05) is 32.7 Å². The average molecular weight is 342 g/mol. The minimum Gasteiger partial charge on any atom is -0.383 e. The molecule has 25 heavy (non-hydrogen) atoms. The van der Waals surface area contributed by atoms with E-state index < -0.39 is 5.41 Å². The molecule has 1 spiro atoms. The zero-order chi connectivity index (χ0) is 17.4. The van der Waals surface area contributed by atoms with Crippen molar-refractivity contribution >= 4 is 17.5 Å². The minimum atomic E-state index is -0.402. The third kappa shape index (κ3) is 2.68. The molecular formula is C18H22N4O3. The number of rotatable bonds is 4. The summed E-state index contributed by atoms with van der Waals surface area (Å²) in [5.74, 6) is 0.147. The van der Waals surface area contributed by atoms with Crippen molar-refractivity contribution in [3.05, 3.63) is 36.3 Å². The van der Waals surface area contributed by atoms with Gasteiger partial charge in [0.25, 0.3) is 5.91 Å². The molecule has 4 heterocycles. The summed E-state index contributed by atoms with van der Waals surface area (Å²) in [4.78, 5) is 33.6. The largest absolute Gasteiger partial charge is 0.383 e. The van der Waals surface area contributed by atoms with Crippen LogP contribution in [-0.4, -0.2) is 70.9 Å². The zero-order valence-corrected chi connectivity index (χ0v) is 14.4. The molecule has 2 fully saturated rings. The monoisotopic (exact) mass is 342 g/mol. The number of fused-ring (bicyclic) bond motifs is 1. The van der Waals surface area contributed by atoms with Gasteiger partial charge in [0.15, 0.2) is 0 Å². The van der Waals surface area contributed by atoms with Crippen LogP contribution < -0.4 is 0 Å². The Bertz CT molecular complexity index is 818. The second kappa shape index (κ2) is 6.15. The van der Waals surface area contributed by atoms with Crippen molar-refractivity contribution in [2.45, 2.75) is 12.8 Å². The molecule has 2 aliphatic heterocycles. The number of carbonyl (C=O) groups excluding carboxylic acids is 2. The standard InChI is InChI=1S/C18H22N4O3/c1-25-11-10-21-7-3-18(17(21)24)4-8-22(13-18)16(23)14-2-6-20-9-5-19-15(20)12-14/h2,5-6,9,12H,3-4,7-8,10-11,13H2,1H3. The van der Waals surface area contributed by atoms with E-state index in [-0.39, 0.29) is 11.8 Å². The number of methoxy groups -OCH3 is 1. The molecule has 2 aromatic heterocycles. The van der Waals surface area contributed by atoms with Crippen LogP contribution in [0.25, 0.3) is 5.65 Å². The van der Waals surface area contributed by atoms with Gasteiger partial charge in [0.2, 0.25) is 5.91 Å². The second-order valence-electron chi connectivity index (χ2n) is 6.90. The van der Waals surface area contributed by atoms with E-state index in [4.69, 9.17) is 4.74 Å². The van der Waals surface area contributed by atoms with Gasteiger partial charge in [-0.15, -0.1) is 0 Å². The fraction of sp³-hybridized carbons (Fsp3) is 0.500. The lowest BCUT2D eigenvalue weighted by atomic mass is 9.85. The highest BCUT2D eigenvalue weighted by Crippen LogP contribution is 2.41. The normalized spacial score (nSPS) is 23.3. The lowest BCUT2D eigenvalue weighted by Crippen LogP contribution is -2.39. The van der Waals surface area contributed by atoms with E-state index >= 15 is 0 Å². The summed E-state index contributed by atoms with van der Waals surface area (Å²) in [6.07, 6.45) is 6.96. The highest BCUT2D eigenvalue weighted by molar-refractivity contribution is 5.96. The van der Waals surface area contributed by atoms with Gasteiger partial charge in [-0.05, 0) is 25.0 Å². The number of carbonyl (C=O) groups is 2. The molecular weight excluding hydrogens is 320 g/mol. The summed E-state index contributed by atoms with van der Waals surface area (Å²) in [6, 6.07) is 3.61. The molecule has 0 aliphatic carbocycles. The number of hydrogen-bond donors (Lipinski definition) is 0. The number of aromatic nitrogens is 2. The van der Waals surface area contributed by atoms with Crippen LogP contribution in [-0.2, 0) is 9.53 Å². The van der Waals surface area contributed by atoms with Gasteiger partial charge in [0.1, 0.15) is 5.65 Å². The summed E-state index contributed by atoms with van der Waals surface area (Å²) in [5, 5.41) is 0. The molecule has 0 N–H and O–H groups in total. The van der Waals surface area contributed by atoms with Crippen molar-refractivity contribution in [3.63, 3.8) is 0 Å². The molecule has 2 saturated heterocycles. The minimum absolute atomic E-state index is 0.0227. The van der Waals surface area contributed by atoms with E-state index in [0.29, 0.717) is 31.8 Å². The topological polar surface area (TPSA) is 67.2 Å². The first-order valence-electron chi connectivity index (χ1n) is 8.63.